The van der Waals surface area contributed by atoms with Gasteiger partial charge in [-0.2, -0.15) is 11.8 Å². The number of thiophene rings is 1. The monoisotopic (exact) mass is 273 g/mol. The van der Waals surface area contributed by atoms with E-state index in [1.54, 1.807) is 11.3 Å². The minimum atomic E-state index is 0.425. The minimum absolute atomic E-state index is 0.425. The van der Waals surface area contributed by atoms with Crippen LogP contribution in [0.15, 0.2) is 41.8 Å². The zero-order chi connectivity index (χ0) is 12.6. The van der Waals surface area contributed by atoms with Crippen LogP contribution in [0.1, 0.15) is 16.0 Å². The molecule has 2 rings (SSSR count). The molecule has 0 radical (unpaired) electrons. The second kappa shape index (κ2) is 7.27. The molecule has 0 aliphatic rings. The molecule has 1 heterocycles. The molecule has 2 aromatic rings. The molecular formula is C15H15NS2. The standard InChI is InChI=1S/C15H15NS2/c16-8-4-7-14-9-15(18-11-14)12-17-10-13-5-2-1-3-6-13/h1-3,5-6,9,11H,8,10,12,16H2. The van der Waals surface area contributed by atoms with Crippen LogP contribution in [0.3, 0.4) is 0 Å². The normalized spacial score (nSPS) is 9.83. The summed E-state index contributed by atoms with van der Waals surface area (Å²) in [5, 5.41) is 2.10. The van der Waals surface area contributed by atoms with Gasteiger partial charge in [0.15, 0.2) is 0 Å². The van der Waals surface area contributed by atoms with Gasteiger partial charge in [0.05, 0.1) is 6.54 Å². The van der Waals surface area contributed by atoms with Crippen LogP contribution in [0.4, 0.5) is 0 Å². The Kier molecular flexibility index (Phi) is 5.35. The van der Waals surface area contributed by atoms with E-state index in [1.807, 2.05) is 11.8 Å². The van der Waals surface area contributed by atoms with Crippen molar-refractivity contribution in [2.45, 2.75) is 11.5 Å². The molecule has 0 saturated heterocycles. The first-order chi connectivity index (χ1) is 8.88. The Morgan fingerprint density at radius 1 is 1.17 bits per heavy atom. The maximum atomic E-state index is 5.35. The van der Waals surface area contributed by atoms with E-state index in [1.165, 1.54) is 10.4 Å². The first-order valence-electron chi connectivity index (χ1n) is 5.76. The lowest BCUT2D eigenvalue weighted by Gasteiger charge is -1.99. The summed E-state index contributed by atoms with van der Waals surface area (Å²) in [5.41, 5.74) is 7.81. The van der Waals surface area contributed by atoms with Crippen molar-refractivity contribution in [1.29, 1.82) is 0 Å². The van der Waals surface area contributed by atoms with Gasteiger partial charge in [-0.05, 0) is 11.6 Å². The number of hydrogen-bond donors (Lipinski definition) is 1. The van der Waals surface area contributed by atoms with Gasteiger partial charge >= 0.3 is 0 Å². The molecule has 1 aromatic carbocycles. The molecule has 0 fully saturated rings. The van der Waals surface area contributed by atoms with E-state index in [0.717, 1.165) is 17.1 Å². The summed E-state index contributed by atoms with van der Waals surface area (Å²) < 4.78 is 0. The third-order valence-corrected chi connectivity index (χ3v) is 4.52. The molecule has 0 unspecified atom stereocenters. The van der Waals surface area contributed by atoms with Crippen LogP contribution < -0.4 is 5.73 Å². The Morgan fingerprint density at radius 2 is 2.00 bits per heavy atom. The SMILES string of the molecule is NCC#Cc1csc(CSCc2ccccc2)c1. The third kappa shape index (κ3) is 4.23. The van der Waals surface area contributed by atoms with Crippen LogP contribution in [0.2, 0.25) is 0 Å². The summed E-state index contributed by atoms with van der Waals surface area (Å²) >= 11 is 3.71. The fourth-order valence-electron chi connectivity index (χ4n) is 1.52. The van der Waals surface area contributed by atoms with Crippen molar-refractivity contribution in [3.63, 3.8) is 0 Å². The highest BCUT2D eigenvalue weighted by Gasteiger charge is 1.99. The Morgan fingerprint density at radius 3 is 2.78 bits per heavy atom. The number of benzene rings is 1. The number of hydrogen-bond acceptors (Lipinski definition) is 3. The molecule has 1 nitrogen and oxygen atoms in total. The van der Waals surface area contributed by atoms with Crippen LogP contribution in [0.25, 0.3) is 0 Å². The van der Waals surface area contributed by atoms with Crippen molar-refractivity contribution in [2.24, 2.45) is 5.73 Å². The lowest BCUT2D eigenvalue weighted by molar-refractivity contribution is 1.30. The quantitative estimate of drug-likeness (QED) is 0.863. The van der Waals surface area contributed by atoms with Gasteiger partial charge < -0.3 is 5.73 Å². The molecule has 0 spiro atoms. The first-order valence-corrected chi connectivity index (χ1v) is 7.80. The molecule has 3 heteroatoms. The second-order valence-corrected chi connectivity index (χ2v) is 5.77. The molecular weight excluding hydrogens is 258 g/mol. The van der Waals surface area contributed by atoms with Crippen LogP contribution in [0, 0.1) is 11.8 Å². The van der Waals surface area contributed by atoms with Gasteiger partial charge in [0, 0.05) is 27.3 Å². The van der Waals surface area contributed by atoms with Crippen LogP contribution >= 0.6 is 23.1 Å². The summed E-state index contributed by atoms with van der Waals surface area (Å²) in [4.78, 5) is 1.37. The van der Waals surface area contributed by atoms with Crippen molar-refractivity contribution in [1.82, 2.24) is 0 Å². The highest BCUT2D eigenvalue weighted by Crippen LogP contribution is 2.22. The van der Waals surface area contributed by atoms with E-state index in [4.69, 9.17) is 5.73 Å². The molecule has 0 aliphatic carbocycles. The number of nitrogens with two attached hydrogens (primary N) is 1. The third-order valence-electron chi connectivity index (χ3n) is 2.34. The molecule has 0 bridgehead atoms. The van der Waals surface area contributed by atoms with Crippen molar-refractivity contribution in [3.05, 3.63) is 57.8 Å². The zero-order valence-electron chi connectivity index (χ0n) is 10.1. The largest absolute Gasteiger partial charge is 0.320 e. The van der Waals surface area contributed by atoms with E-state index in [2.05, 4.69) is 53.6 Å². The van der Waals surface area contributed by atoms with Crippen LogP contribution in [-0.4, -0.2) is 6.54 Å². The van der Waals surface area contributed by atoms with Crippen LogP contribution in [-0.2, 0) is 11.5 Å². The van der Waals surface area contributed by atoms with Crippen LogP contribution in [0.5, 0.6) is 0 Å². The Hall–Kier alpha value is -1.21. The highest BCUT2D eigenvalue weighted by molar-refractivity contribution is 7.97. The van der Waals surface area contributed by atoms with Crippen molar-refractivity contribution < 1.29 is 0 Å². The van der Waals surface area contributed by atoms with Gasteiger partial charge in [0.2, 0.25) is 0 Å². The van der Waals surface area contributed by atoms with Crippen molar-refractivity contribution >= 4 is 23.1 Å². The van der Waals surface area contributed by atoms with Gasteiger partial charge in [-0.3, -0.25) is 0 Å². The lowest BCUT2D eigenvalue weighted by Crippen LogP contribution is -1.92. The van der Waals surface area contributed by atoms with Crippen molar-refractivity contribution in [2.75, 3.05) is 6.54 Å². The topological polar surface area (TPSA) is 26.0 Å². The summed E-state index contributed by atoms with van der Waals surface area (Å²) in [6, 6.07) is 12.7. The summed E-state index contributed by atoms with van der Waals surface area (Å²) in [5.74, 6) is 8.04. The van der Waals surface area contributed by atoms with Gasteiger partial charge in [0.1, 0.15) is 0 Å². The maximum absolute atomic E-state index is 5.35. The van der Waals surface area contributed by atoms with Gasteiger partial charge in [-0.25, -0.2) is 0 Å². The van der Waals surface area contributed by atoms with E-state index in [-0.39, 0.29) is 0 Å². The summed E-state index contributed by atoms with van der Waals surface area (Å²) in [7, 11) is 0. The van der Waals surface area contributed by atoms with Crippen molar-refractivity contribution in [3.8, 4) is 11.8 Å². The smallest absolute Gasteiger partial charge is 0.0555 e. The van der Waals surface area contributed by atoms with Gasteiger partial charge in [0.25, 0.3) is 0 Å². The molecule has 18 heavy (non-hydrogen) atoms. The fraction of sp³-hybridized carbons (Fsp3) is 0.200. The predicted octanol–water partition coefficient (Wildman–Crippen LogP) is 3.49. The maximum Gasteiger partial charge on any atom is 0.0555 e. The van der Waals surface area contributed by atoms with Gasteiger partial charge in [-0.1, -0.05) is 42.2 Å². The number of rotatable bonds is 4. The molecule has 92 valence electrons. The van der Waals surface area contributed by atoms with E-state index < -0.39 is 0 Å². The summed E-state index contributed by atoms with van der Waals surface area (Å²) in [6.07, 6.45) is 0. The number of thioether (sulfide) groups is 1. The van der Waals surface area contributed by atoms with E-state index in [9.17, 15) is 0 Å². The zero-order valence-corrected chi connectivity index (χ0v) is 11.7. The minimum Gasteiger partial charge on any atom is -0.320 e. The molecule has 0 saturated carbocycles. The average Bonchev–Trinajstić information content (AvgIpc) is 2.85. The lowest BCUT2D eigenvalue weighted by atomic mass is 10.2. The molecule has 0 aliphatic heterocycles. The van der Waals surface area contributed by atoms with Gasteiger partial charge in [-0.15, -0.1) is 11.3 Å². The van der Waals surface area contributed by atoms with E-state index in [0.29, 0.717) is 6.54 Å². The molecule has 0 atom stereocenters. The predicted molar refractivity (Wildman–Crippen MR) is 81.7 cm³/mol. The fourth-order valence-corrected chi connectivity index (χ4v) is 3.46. The highest BCUT2D eigenvalue weighted by atomic mass is 32.2. The Balaban J connectivity index is 1.82. The Labute approximate surface area is 116 Å². The summed E-state index contributed by atoms with van der Waals surface area (Å²) in [6.45, 7) is 0.425. The molecule has 2 N–H and O–H groups in total. The molecule has 1 aromatic heterocycles. The van der Waals surface area contributed by atoms with E-state index >= 15 is 0 Å². The first kappa shape index (κ1) is 13.2. The molecule has 0 amide bonds. The average molecular weight is 273 g/mol. The second-order valence-electron chi connectivity index (χ2n) is 3.79. The Bertz CT molecular complexity index is 534.